The van der Waals surface area contributed by atoms with Crippen LogP contribution in [0.4, 0.5) is 0 Å². The number of ether oxygens (including phenoxy) is 6. The van der Waals surface area contributed by atoms with E-state index in [9.17, 15) is 5.21 Å². The van der Waals surface area contributed by atoms with Gasteiger partial charge in [-0.25, -0.2) is 0 Å². The molecule has 4 heterocycles. The second-order valence-corrected chi connectivity index (χ2v) is 12.9. The zero-order chi connectivity index (χ0) is 32.9. The molecule has 246 valence electrons. The summed E-state index contributed by atoms with van der Waals surface area (Å²) in [5, 5.41) is 14.1. The van der Waals surface area contributed by atoms with Crippen LogP contribution < -0.4 is 28.4 Å². The first-order valence-electron chi connectivity index (χ1n) is 16.1. The monoisotopic (exact) mass is 638 g/mol. The van der Waals surface area contributed by atoms with Gasteiger partial charge in [-0.3, -0.25) is 4.90 Å². The van der Waals surface area contributed by atoms with Gasteiger partial charge in [0, 0.05) is 36.6 Å². The number of hydrogen-bond donors (Lipinski definition) is 0. The maximum Gasteiger partial charge on any atom is 0.204 e. The number of methoxy groups -OCH3 is 4. The van der Waals surface area contributed by atoms with Gasteiger partial charge in [0.05, 0.1) is 42.0 Å². The van der Waals surface area contributed by atoms with Gasteiger partial charge in [-0.1, -0.05) is 18.2 Å². The largest absolute Gasteiger partial charge is 0.633 e. The van der Waals surface area contributed by atoms with Crippen molar-refractivity contribution in [2.45, 2.75) is 37.8 Å². The second-order valence-electron chi connectivity index (χ2n) is 12.9. The minimum absolute atomic E-state index is 0.0501. The molecule has 3 atom stereocenters. The molecule has 0 aromatic heterocycles. The van der Waals surface area contributed by atoms with E-state index in [2.05, 4.69) is 30.1 Å². The van der Waals surface area contributed by atoms with Crippen LogP contribution in [-0.2, 0) is 25.7 Å². The molecular weight excluding hydrogens is 596 g/mol. The van der Waals surface area contributed by atoms with E-state index >= 15 is 0 Å². The Hall–Kier alpha value is -4.44. The number of rotatable bonds is 4. The van der Waals surface area contributed by atoms with Gasteiger partial charge < -0.3 is 38.3 Å². The average molecular weight is 639 g/mol. The summed E-state index contributed by atoms with van der Waals surface area (Å²) >= 11 is 0. The second kappa shape index (κ2) is 12.3. The summed E-state index contributed by atoms with van der Waals surface area (Å²) in [5.74, 6) is 4.85. The van der Waals surface area contributed by atoms with Crippen LogP contribution in [0.5, 0.6) is 46.0 Å². The van der Waals surface area contributed by atoms with Crippen LogP contribution in [-0.4, -0.2) is 65.2 Å². The molecule has 0 saturated heterocycles. The zero-order valence-corrected chi connectivity index (χ0v) is 27.9. The molecule has 0 spiro atoms. The van der Waals surface area contributed by atoms with Crippen molar-refractivity contribution in [3.8, 4) is 46.0 Å². The Morgan fingerprint density at radius 3 is 2.17 bits per heavy atom. The number of quaternary nitrogens is 1. The summed E-state index contributed by atoms with van der Waals surface area (Å²) in [7, 11) is 10.5. The normalized spacial score (nSPS) is 21.8. The van der Waals surface area contributed by atoms with Crippen molar-refractivity contribution in [1.82, 2.24) is 4.90 Å². The predicted octanol–water partition coefficient (Wildman–Crippen LogP) is 7.18. The summed E-state index contributed by atoms with van der Waals surface area (Å²) in [6.45, 7) is 1.34. The van der Waals surface area contributed by atoms with E-state index in [4.69, 9.17) is 28.4 Å². The molecule has 4 aromatic rings. The Morgan fingerprint density at radius 1 is 0.745 bits per heavy atom. The van der Waals surface area contributed by atoms with Gasteiger partial charge >= 0.3 is 0 Å². The summed E-state index contributed by atoms with van der Waals surface area (Å²) in [5.41, 5.74) is 6.37. The van der Waals surface area contributed by atoms with Crippen LogP contribution in [0.2, 0.25) is 0 Å². The highest BCUT2D eigenvalue weighted by atomic mass is 16.6. The Morgan fingerprint density at radius 2 is 1.45 bits per heavy atom. The lowest BCUT2D eigenvalue weighted by Gasteiger charge is -2.49. The molecule has 4 aliphatic rings. The number of nitrogens with zero attached hydrogens (tertiary/aromatic N) is 2. The summed E-state index contributed by atoms with van der Waals surface area (Å²) in [6.07, 6.45) is 2.72. The van der Waals surface area contributed by atoms with Crippen molar-refractivity contribution in [3.63, 3.8) is 0 Å². The average Bonchev–Trinajstić information content (AvgIpc) is 3.07. The van der Waals surface area contributed by atoms with E-state index in [0.29, 0.717) is 71.8 Å². The molecule has 4 aliphatic heterocycles. The lowest BCUT2D eigenvalue weighted by Crippen LogP contribution is -2.47. The molecule has 6 bridgehead atoms. The molecule has 0 fully saturated rings. The maximum atomic E-state index is 14.1. The third-order valence-electron chi connectivity index (χ3n) is 10.1. The number of hydrogen-bond acceptors (Lipinski definition) is 8. The van der Waals surface area contributed by atoms with Crippen LogP contribution in [0.3, 0.4) is 0 Å². The van der Waals surface area contributed by atoms with Crippen molar-refractivity contribution in [2.75, 3.05) is 55.6 Å². The van der Waals surface area contributed by atoms with E-state index in [0.717, 1.165) is 46.3 Å². The molecular formula is C38H42N2O7. The molecule has 2 unspecified atom stereocenters. The SMILES string of the molecule is COc1ccc2cc1Oc1ccc(cc1)CC1c3cc(c(OC)cc3CC[N@+]1(C)[O-])Oc1c(OC)c(OC)cc3c1C(C2)N(C)CC3. The predicted molar refractivity (Wildman–Crippen MR) is 179 cm³/mol. The fourth-order valence-electron chi connectivity index (χ4n) is 7.42. The molecule has 0 N–H and O–H groups in total. The van der Waals surface area contributed by atoms with Gasteiger partial charge in [-0.05, 0) is 84.6 Å². The minimum Gasteiger partial charge on any atom is -0.633 e. The first-order valence-corrected chi connectivity index (χ1v) is 16.1. The Labute approximate surface area is 276 Å². The van der Waals surface area contributed by atoms with Crippen LogP contribution in [0.25, 0.3) is 0 Å². The number of hydroxylamine groups is 3. The van der Waals surface area contributed by atoms with Crippen molar-refractivity contribution >= 4 is 0 Å². The van der Waals surface area contributed by atoms with Gasteiger partial charge in [0.25, 0.3) is 0 Å². The molecule has 47 heavy (non-hydrogen) atoms. The Bertz CT molecular complexity index is 1800. The highest BCUT2D eigenvalue weighted by Gasteiger charge is 2.37. The van der Waals surface area contributed by atoms with Crippen LogP contribution in [0.1, 0.15) is 45.5 Å². The molecule has 8 rings (SSSR count). The number of likely N-dealkylation sites (N-methyl/N-ethyl adjacent to an activating group) is 2. The van der Waals surface area contributed by atoms with Gasteiger partial charge in [0.15, 0.2) is 34.5 Å². The fourth-order valence-corrected chi connectivity index (χ4v) is 7.42. The number of benzene rings is 4. The van der Waals surface area contributed by atoms with Crippen molar-refractivity contribution in [1.29, 1.82) is 0 Å². The summed E-state index contributed by atoms with van der Waals surface area (Å²) in [4.78, 5) is 2.35. The topological polar surface area (TPSA) is 81.7 Å². The van der Waals surface area contributed by atoms with Crippen molar-refractivity contribution in [3.05, 3.63) is 99.3 Å². The van der Waals surface area contributed by atoms with Gasteiger partial charge in [0.2, 0.25) is 5.75 Å². The molecule has 0 radical (unpaired) electrons. The summed E-state index contributed by atoms with van der Waals surface area (Å²) < 4.78 is 36.5. The highest BCUT2D eigenvalue weighted by Crippen LogP contribution is 2.52. The van der Waals surface area contributed by atoms with Gasteiger partial charge in [-0.2, -0.15) is 0 Å². The van der Waals surface area contributed by atoms with Crippen LogP contribution in [0.15, 0.2) is 60.7 Å². The van der Waals surface area contributed by atoms with Crippen molar-refractivity contribution < 1.29 is 33.1 Å². The van der Waals surface area contributed by atoms with E-state index in [-0.39, 0.29) is 16.7 Å². The zero-order valence-electron chi connectivity index (χ0n) is 27.9. The highest BCUT2D eigenvalue weighted by molar-refractivity contribution is 5.63. The smallest absolute Gasteiger partial charge is 0.204 e. The first-order chi connectivity index (χ1) is 22.7. The number of fused-ring (bicyclic) bond motifs is 2. The van der Waals surface area contributed by atoms with E-state index in [1.165, 1.54) is 0 Å². The molecule has 0 amide bonds. The lowest BCUT2D eigenvalue weighted by atomic mass is 9.87. The minimum atomic E-state index is -0.383. The van der Waals surface area contributed by atoms with Gasteiger partial charge in [-0.15, -0.1) is 0 Å². The maximum absolute atomic E-state index is 14.1. The third kappa shape index (κ3) is 5.62. The molecule has 0 aliphatic carbocycles. The van der Waals surface area contributed by atoms with Gasteiger partial charge in [0.1, 0.15) is 11.8 Å². The molecule has 0 saturated carbocycles. The molecule has 9 nitrogen and oxygen atoms in total. The fraction of sp³-hybridized carbons (Fsp3) is 0.368. The quantitative estimate of drug-likeness (QED) is 0.172. The van der Waals surface area contributed by atoms with E-state index < -0.39 is 0 Å². The van der Waals surface area contributed by atoms with Crippen LogP contribution >= 0.6 is 0 Å². The standard InChI is InChI=1S/C38H42N2O7/c1-39-15-13-26-21-35(44-5)37(45-6)38-36(26)29(39)17-24-9-12-31(42-3)33(19-24)46-27-10-7-23(8-11-27)18-30-28-22-34(47-38)32(43-4)20-25(28)14-16-40(30,2)41/h7-12,19-22,29-30H,13-18H2,1-6H3/t29?,30?,40-/m0/s1. The van der Waals surface area contributed by atoms with Crippen molar-refractivity contribution in [2.24, 2.45) is 0 Å². The Balaban J connectivity index is 1.48. The molecule has 9 heteroatoms. The van der Waals surface area contributed by atoms with E-state index in [1.54, 1.807) is 35.5 Å². The first kappa shape index (κ1) is 31.2. The third-order valence-corrected chi connectivity index (χ3v) is 10.1. The van der Waals surface area contributed by atoms with E-state index in [1.807, 2.05) is 42.5 Å². The lowest BCUT2D eigenvalue weighted by molar-refractivity contribution is -0.894. The Kier molecular flexibility index (Phi) is 8.16. The molecule has 4 aromatic carbocycles. The summed E-state index contributed by atoms with van der Waals surface area (Å²) in [6, 6.07) is 19.8. The van der Waals surface area contributed by atoms with Crippen LogP contribution in [0, 0.1) is 5.21 Å².